The van der Waals surface area contributed by atoms with Crippen molar-refractivity contribution in [2.24, 2.45) is 5.41 Å². The summed E-state index contributed by atoms with van der Waals surface area (Å²) in [5, 5.41) is 19.1. The number of carboxylic acids is 2. The van der Waals surface area contributed by atoms with Crippen LogP contribution >= 0.6 is 0 Å². The van der Waals surface area contributed by atoms with E-state index in [0.717, 1.165) is 11.1 Å². The minimum Gasteiger partial charge on any atom is -0.480 e. The molecule has 0 saturated carbocycles. The molecule has 0 aliphatic heterocycles. The van der Waals surface area contributed by atoms with Gasteiger partial charge in [-0.2, -0.15) is 0 Å². The highest BCUT2D eigenvalue weighted by atomic mass is 16.4. The molecule has 0 radical (unpaired) electrons. The molecule has 6 heteroatoms. The molecule has 6 nitrogen and oxygen atoms in total. The molecule has 23 heavy (non-hydrogen) atoms. The Labute approximate surface area is 133 Å². The van der Waals surface area contributed by atoms with Gasteiger partial charge in [-0.25, -0.2) is 0 Å². The van der Waals surface area contributed by atoms with Crippen LogP contribution in [0, 0.1) is 5.41 Å². The molecule has 0 fully saturated rings. The smallest absolute Gasteiger partial charge is 0.321 e. The maximum atomic E-state index is 11.7. The van der Waals surface area contributed by atoms with Crippen LogP contribution < -0.4 is 0 Å². The molecule has 120 valence electrons. The summed E-state index contributed by atoms with van der Waals surface area (Å²) in [5.41, 5.74) is -0.0569. The lowest BCUT2D eigenvalue weighted by molar-refractivity contribution is -0.165. The molecule has 0 spiro atoms. The Bertz CT molecular complexity index is 599. The summed E-state index contributed by atoms with van der Waals surface area (Å²) in [6.07, 6.45) is 7.24. The molecule has 0 atom stereocenters. The monoisotopic (exact) mass is 314 g/mol. The van der Waals surface area contributed by atoms with E-state index < -0.39 is 17.4 Å². The number of rotatable bonds is 8. The van der Waals surface area contributed by atoms with E-state index in [2.05, 4.69) is 9.97 Å². The van der Waals surface area contributed by atoms with Crippen molar-refractivity contribution in [1.29, 1.82) is 0 Å². The Morgan fingerprint density at radius 1 is 0.783 bits per heavy atom. The third-order valence-electron chi connectivity index (χ3n) is 4.00. The fraction of sp³-hybridized carbons (Fsp3) is 0.294. The first-order chi connectivity index (χ1) is 11.0. The molecular formula is C17H18N2O4. The van der Waals surface area contributed by atoms with Gasteiger partial charge in [0.25, 0.3) is 0 Å². The zero-order valence-electron chi connectivity index (χ0n) is 12.6. The summed E-state index contributed by atoms with van der Waals surface area (Å²) >= 11 is 0. The van der Waals surface area contributed by atoms with Gasteiger partial charge < -0.3 is 10.2 Å². The number of nitrogens with zero attached hydrogens (tertiary/aromatic N) is 2. The lowest BCUT2D eigenvalue weighted by atomic mass is 9.77. The van der Waals surface area contributed by atoms with Crippen LogP contribution in [0.3, 0.4) is 0 Å². The van der Waals surface area contributed by atoms with Crippen molar-refractivity contribution in [3.05, 3.63) is 60.2 Å². The van der Waals surface area contributed by atoms with E-state index in [1.165, 1.54) is 0 Å². The van der Waals surface area contributed by atoms with Gasteiger partial charge in [0, 0.05) is 24.8 Å². The highest BCUT2D eigenvalue weighted by molar-refractivity contribution is 5.98. The van der Waals surface area contributed by atoms with Gasteiger partial charge in [0.1, 0.15) is 0 Å². The maximum absolute atomic E-state index is 11.7. The summed E-state index contributed by atoms with van der Waals surface area (Å²) in [4.78, 5) is 31.2. The van der Waals surface area contributed by atoms with Crippen molar-refractivity contribution in [3.63, 3.8) is 0 Å². The van der Waals surface area contributed by atoms with Gasteiger partial charge in [-0.3, -0.25) is 19.6 Å². The highest BCUT2D eigenvalue weighted by Gasteiger charge is 2.45. The maximum Gasteiger partial charge on any atom is 0.321 e. The number of hydrogen-bond donors (Lipinski definition) is 2. The lowest BCUT2D eigenvalue weighted by Gasteiger charge is -2.25. The Kier molecular flexibility index (Phi) is 5.41. The molecule has 2 heterocycles. The van der Waals surface area contributed by atoms with Gasteiger partial charge in [0.05, 0.1) is 0 Å². The normalized spacial score (nSPS) is 11.1. The van der Waals surface area contributed by atoms with Gasteiger partial charge in [-0.05, 0) is 61.1 Å². The minimum atomic E-state index is -1.80. The van der Waals surface area contributed by atoms with Crippen LogP contribution in [0.1, 0.15) is 24.0 Å². The highest BCUT2D eigenvalue weighted by Crippen LogP contribution is 2.31. The number of hydrogen-bond acceptors (Lipinski definition) is 4. The zero-order valence-corrected chi connectivity index (χ0v) is 12.6. The van der Waals surface area contributed by atoms with Gasteiger partial charge in [-0.1, -0.05) is 0 Å². The van der Waals surface area contributed by atoms with Crippen molar-refractivity contribution < 1.29 is 19.8 Å². The Balaban J connectivity index is 2.14. The fourth-order valence-corrected chi connectivity index (χ4v) is 2.46. The van der Waals surface area contributed by atoms with E-state index >= 15 is 0 Å². The number of carboxylic acid groups (broad SMARTS) is 2. The van der Waals surface area contributed by atoms with E-state index in [1.807, 2.05) is 0 Å². The summed E-state index contributed by atoms with van der Waals surface area (Å²) in [6, 6.07) is 7.04. The van der Waals surface area contributed by atoms with E-state index in [-0.39, 0.29) is 12.8 Å². The largest absolute Gasteiger partial charge is 0.480 e. The molecule has 2 aromatic rings. The average Bonchev–Trinajstić information content (AvgIpc) is 2.56. The summed E-state index contributed by atoms with van der Waals surface area (Å²) in [7, 11) is 0. The first kappa shape index (κ1) is 16.6. The Morgan fingerprint density at radius 2 is 1.13 bits per heavy atom. The van der Waals surface area contributed by atoms with Crippen LogP contribution in [0.5, 0.6) is 0 Å². The van der Waals surface area contributed by atoms with Crippen LogP contribution in [-0.2, 0) is 22.4 Å². The van der Waals surface area contributed by atoms with Gasteiger partial charge >= 0.3 is 11.9 Å². The Morgan fingerprint density at radius 3 is 1.43 bits per heavy atom. The SMILES string of the molecule is O=C(O)C(CCc1ccncc1)(CCc1ccncc1)C(=O)O. The molecular weight excluding hydrogens is 296 g/mol. The van der Waals surface area contributed by atoms with Crippen LogP contribution in [-0.4, -0.2) is 32.1 Å². The first-order valence-corrected chi connectivity index (χ1v) is 7.29. The van der Waals surface area contributed by atoms with E-state index in [1.54, 1.807) is 49.1 Å². The quantitative estimate of drug-likeness (QED) is 0.724. The third-order valence-corrected chi connectivity index (χ3v) is 4.00. The van der Waals surface area contributed by atoms with Crippen molar-refractivity contribution in [1.82, 2.24) is 9.97 Å². The molecule has 0 aliphatic rings. The molecule has 2 aromatic heterocycles. The zero-order chi connectivity index (χ0) is 16.7. The predicted octanol–water partition coefficient (Wildman–Crippen LogP) is 2.20. The molecule has 2 rings (SSSR count). The molecule has 2 N–H and O–H groups in total. The molecule has 0 bridgehead atoms. The van der Waals surface area contributed by atoms with Crippen molar-refractivity contribution in [3.8, 4) is 0 Å². The number of carbonyl (C=O) groups is 2. The van der Waals surface area contributed by atoms with Crippen LogP contribution in [0.25, 0.3) is 0 Å². The topological polar surface area (TPSA) is 100 Å². The van der Waals surface area contributed by atoms with Gasteiger partial charge in [-0.15, -0.1) is 0 Å². The number of aliphatic carboxylic acids is 2. The van der Waals surface area contributed by atoms with Crippen molar-refractivity contribution in [2.45, 2.75) is 25.7 Å². The second kappa shape index (κ2) is 7.49. The third kappa shape index (κ3) is 4.12. The molecule has 0 amide bonds. The molecule has 0 unspecified atom stereocenters. The number of pyridine rings is 2. The number of aryl methyl sites for hydroxylation is 2. The summed E-state index contributed by atoms with van der Waals surface area (Å²) < 4.78 is 0. The van der Waals surface area contributed by atoms with Crippen LogP contribution in [0.4, 0.5) is 0 Å². The Hall–Kier alpha value is -2.76. The van der Waals surface area contributed by atoms with E-state index in [0.29, 0.717) is 12.8 Å². The standard InChI is InChI=1S/C17H18N2O4/c20-15(21)17(16(22)23,7-1-13-3-9-18-10-4-13)8-2-14-5-11-19-12-6-14/h3-6,9-12H,1-2,7-8H2,(H,20,21)(H,22,23). The first-order valence-electron chi connectivity index (χ1n) is 7.29. The lowest BCUT2D eigenvalue weighted by Crippen LogP contribution is -2.40. The van der Waals surface area contributed by atoms with Crippen molar-refractivity contribution in [2.75, 3.05) is 0 Å². The average molecular weight is 314 g/mol. The van der Waals surface area contributed by atoms with E-state index in [9.17, 15) is 19.8 Å². The second-order valence-corrected chi connectivity index (χ2v) is 5.40. The molecule has 0 aliphatic carbocycles. The van der Waals surface area contributed by atoms with Gasteiger partial charge in [0.2, 0.25) is 0 Å². The van der Waals surface area contributed by atoms with E-state index in [4.69, 9.17) is 0 Å². The minimum absolute atomic E-state index is 0.0345. The second-order valence-electron chi connectivity index (χ2n) is 5.40. The van der Waals surface area contributed by atoms with Gasteiger partial charge in [0.15, 0.2) is 5.41 Å². The molecule has 0 saturated heterocycles. The fourth-order valence-electron chi connectivity index (χ4n) is 2.46. The van der Waals surface area contributed by atoms with Crippen LogP contribution in [0.15, 0.2) is 49.1 Å². The van der Waals surface area contributed by atoms with Crippen LogP contribution in [0.2, 0.25) is 0 Å². The van der Waals surface area contributed by atoms with Crippen molar-refractivity contribution >= 4 is 11.9 Å². The summed E-state index contributed by atoms with van der Waals surface area (Å²) in [6.45, 7) is 0. The molecule has 0 aromatic carbocycles. The predicted molar refractivity (Wildman–Crippen MR) is 82.8 cm³/mol. The number of aromatic nitrogens is 2. The summed E-state index contributed by atoms with van der Waals surface area (Å²) in [5.74, 6) is -2.60.